The van der Waals surface area contributed by atoms with E-state index in [0.717, 1.165) is 22.6 Å². The number of rotatable bonds is 3. The van der Waals surface area contributed by atoms with Crippen LogP contribution in [0.15, 0.2) is 78.0 Å². The van der Waals surface area contributed by atoms with E-state index in [1.165, 1.54) is 0 Å². The van der Waals surface area contributed by atoms with Gasteiger partial charge in [-0.15, -0.1) is 0 Å². The summed E-state index contributed by atoms with van der Waals surface area (Å²) in [5.41, 5.74) is 5.90. The summed E-state index contributed by atoms with van der Waals surface area (Å²) in [4.78, 5) is 15.0. The van der Waals surface area contributed by atoms with Crippen molar-refractivity contribution in [2.24, 2.45) is 5.10 Å². The number of carbonyl (C=O) groups is 1. The number of nitrogens with zero attached hydrogens (tertiary/aromatic N) is 1. The first kappa shape index (κ1) is 15.2. The monoisotopic (exact) mass is 331 g/mol. The third-order valence-corrected chi connectivity index (χ3v) is 4.15. The van der Waals surface area contributed by atoms with Crippen LogP contribution in [0.1, 0.15) is 34.1 Å². The van der Waals surface area contributed by atoms with E-state index in [1.54, 1.807) is 18.3 Å². The van der Waals surface area contributed by atoms with Gasteiger partial charge in [0.2, 0.25) is 0 Å². The van der Waals surface area contributed by atoms with Crippen LogP contribution in [0, 0.1) is 0 Å². The summed E-state index contributed by atoms with van der Waals surface area (Å²) in [5.74, 6) is 0.508. The van der Waals surface area contributed by atoms with Gasteiger partial charge in [0.25, 0.3) is 5.91 Å². The first-order valence-electron chi connectivity index (χ1n) is 8.12. The van der Waals surface area contributed by atoms with E-state index in [9.17, 15) is 4.79 Å². The van der Waals surface area contributed by atoms with Crippen molar-refractivity contribution >= 4 is 11.6 Å². The maximum Gasteiger partial charge on any atom is 0.287 e. The van der Waals surface area contributed by atoms with E-state index >= 15 is 0 Å². The highest BCUT2D eigenvalue weighted by Crippen LogP contribution is 2.34. The third-order valence-electron chi connectivity index (χ3n) is 4.15. The number of aromatic nitrogens is 1. The van der Waals surface area contributed by atoms with Crippen LogP contribution in [0.25, 0.3) is 0 Å². The third kappa shape index (κ3) is 3.17. The topological polar surface area (TPSA) is 66.5 Å². The highest BCUT2D eigenvalue weighted by molar-refractivity contribution is 6.05. The van der Waals surface area contributed by atoms with Crippen molar-refractivity contribution in [3.05, 3.63) is 89.7 Å². The molecule has 0 fully saturated rings. The van der Waals surface area contributed by atoms with Crippen LogP contribution >= 0.6 is 0 Å². The summed E-state index contributed by atoms with van der Waals surface area (Å²) in [5, 5.41) is 4.37. The van der Waals surface area contributed by atoms with E-state index < -0.39 is 0 Å². The Morgan fingerprint density at radius 3 is 2.64 bits per heavy atom. The van der Waals surface area contributed by atoms with Gasteiger partial charge in [-0.2, -0.15) is 5.10 Å². The molecule has 1 aromatic heterocycles. The van der Waals surface area contributed by atoms with Crippen LogP contribution in [0.5, 0.6) is 5.75 Å². The molecular formula is C20H17N3O2. The molecule has 0 spiro atoms. The number of fused-ring (bicyclic) bond motifs is 1. The van der Waals surface area contributed by atoms with Gasteiger partial charge in [0, 0.05) is 18.2 Å². The van der Waals surface area contributed by atoms with Crippen molar-refractivity contribution in [3.63, 3.8) is 0 Å². The molecule has 0 saturated carbocycles. The zero-order chi connectivity index (χ0) is 17.1. The molecule has 4 rings (SSSR count). The smallest absolute Gasteiger partial charge is 0.287 e. The first-order chi connectivity index (χ1) is 12.3. The van der Waals surface area contributed by atoms with Crippen molar-refractivity contribution in [1.29, 1.82) is 0 Å². The first-order valence-corrected chi connectivity index (χ1v) is 8.12. The molecule has 3 aromatic rings. The average Bonchev–Trinajstić information content (AvgIpc) is 3.21. The largest absolute Gasteiger partial charge is 0.485 e. The lowest BCUT2D eigenvalue weighted by Crippen LogP contribution is -2.25. The van der Waals surface area contributed by atoms with Gasteiger partial charge in [-0.25, -0.2) is 5.43 Å². The molecule has 124 valence electrons. The van der Waals surface area contributed by atoms with Gasteiger partial charge in [0.15, 0.2) is 0 Å². The average molecular weight is 331 g/mol. The van der Waals surface area contributed by atoms with Crippen LogP contribution < -0.4 is 10.2 Å². The molecule has 0 aliphatic carbocycles. The van der Waals surface area contributed by atoms with E-state index in [-0.39, 0.29) is 12.0 Å². The lowest BCUT2D eigenvalue weighted by molar-refractivity contribution is 0.0950. The minimum atomic E-state index is -0.266. The molecule has 1 aliphatic heterocycles. The molecule has 0 unspecified atom stereocenters. The predicted octanol–water partition coefficient (Wildman–Crippen LogP) is 3.67. The number of nitrogens with one attached hydrogen (secondary N) is 2. The fourth-order valence-corrected chi connectivity index (χ4v) is 2.90. The summed E-state index contributed by atoms with van der Waals surface area (Å²) >= 11 is 0. The lowest BCUT2D eigenvalue weighted by atomic mass is 9.96. The number of para-hydroxylation sites is 1. The highest BCUT2D eigenvalue weighted by atomic mass is 16.5. The van der Waals surface area contributed by atoms with Crippen molar-refractivity contribution < 1.29 is 9.53 Å². The summed E-state index contributed by atoms with van der Waals surface area (Å²) in [6.45, 7) is 0. The van der Waals surface area contributed by atoms with Crippen LogP contribution in [0.3, 0.4) is 0 Å². The molecule has 0 radical (unpaired) electrons. The molecule has 25 heavy (non-hydrogen) atoms. The number of amides is 1. The molecule has 2 aromatic carbocycles. The van der Waals surface area contributed by atoms with Crippen LogP contribution in [0.4, 0.5) is 0 Å². The minimum Gasteiger partial charge on any atom is -0.485 e. The van der Waals surface area contributed by atoms with Crippen LogP contribution in [-0.2, 0) is 0 Å². The molecule has 2 N–H and O–H groups in total. The molecule has 1 aliphatic rings. The van der Waals surface area contributed by atoms with Gasteiger partial charge >= 0.3 is 0 Å². The van der Waals surface area contributed by atoms with Gasteiger partial charge < -0.3 is 9.72 Å². The summed E-state index contributed by atoms with van der Waals surface area (Å²) < 4.78 is 6.13. The molecule has 0 bridgehead atoms. The lowest BCUT2D eigenvalue weighted by Gasteiger charge is -2.27. The molecule has 0 saturated heterocycles. The van der Waals surface area contributed by atoms with Crippen molar-refractivity contribution in [1.82, 2.24) is 10.4 Å². The number of hydrogen-bond donors (Lipinski definition) is 2. The Labute approximate surface area is 145 Å². The SMILES string of the molecule is O=C(NN=C1C[C@H](c2ccccc2)Oc2ccccc21)c1ccc[nH]1. The standard InChI is InChI=1S/C20H17N3O2/c24-20(16-10-6-12-21-16)23-22-17-13-19(14-7-2-1-3-8-14)25-18-11-5-4-9-15(17)18/h1-12,19,21H,13H2,(H,23,24)/t19-/m1/s1. The summed E-state index contributed by atoms with van der Waals surface area (Å²) in [6.07, 6.45) is 2.17. The predicted molar refractivity (Wildman–Crippen MR) is 95.7 cm³/mol. The molecule has 2 heterocycles. The molecule has 5 heteroatoms. The highest BCUT2D eigenvalue weighted by Gasteiger charge is 2.26. The number of benzene rings is 2. The number of ether oxygens (including phenoxy) is 1. The number of hydrazone groups is 1. The quantitative estimate of drug-likeness (QED) is 0.719. The second-order valence-electron chi connectivity index (χ2n) is 5.80. The molecule has 5 nitrogen and oxygen atoms in total. The second kappa shape index (κ2) is 6.65. The van der Waals surface area contributed by atoms with E-state index in [4.69, 9.17) is 4.74 Å². The minimum absolute atomic E-state index is 0.128. The second-order valence-corrected chi connectivity index (χ2v) is 5.80. The van der Waals surface area contributed by atoms with Gasteiger partial charge in [0.1, 0.15) is 17.5 Å². The van der Waals surface area contributed by atoms with E-state index in [1.807, 2.05) is 54.6 Å². The number of carbonyl (C=O) groups excluding carboxylic acids is 1. The Hall–Kier alpha value is -3.34. The van der Waals surface area contributed by atoms with E-state index in [0.29, 0.717) is 12.1 Å². The number of aromatic amines is 1. The van der Waals surface area contributed by atoms with Gasteiger partial charge in [-0.05, 0) is 29.8 Å². The van der Waals surface area contributed by atoms with Crippen molar-refractivity contribution in [3.8, 4) is 5.75 Å². The van der Waals surface area contributed by atoms with Crippen LogP contribution in [-0.4, -0.2) is 16.6 Å². The Kier molecular flexibility index (Phi) is 4.04. The number of hydrogen-bond acceptors (Lipinski definition) is 3. The maximum atomic E-state index is 12.1. The Morgan fingerprint density at radius 1 is 1.04 bits per heavy atom. The van der Waals surface area contributed by atoms with Gasteiger partial charge in [-0.3, -0.25) is 4.79 Å². The Morgan fingerprint density at radius 2 is 1.84 bits per heavy atom. The fourth-order valence-electron chi connectivity index (χ4n) is 2.90. The summed E-state index contributed by atoms with van der Waals surface area (Å²) in [6, 6.07) is 21.3. The zero-order valence-electron chi connectivity index (χ0n) is 13.5. The van der Waals surface area contributed by atoms with Crippen molar-refractivity contribution in [2.45, 2.75) is 12.5 Å². The van der Waals surface area contributed by atoms with Gasteiger partial charge in [0.05, 0.1) is 5.71 Å². The molecular weight excluding hydrogens is 314 g/mol. The van der Waals surface area contributed by atoms with Crippen molar-refractivity contribution in [2.75, 3.05) is 0 Å². The normalized spacial score (nSPS) is 17.6. The van der Waals surface area contributed by atoms with Gasteiger partial charge in [-0.1, -0.05) is 42.5 Å². The number of H-pyrrole nitrogens is 1. The Balaban J connectivity index is 1.63. The fraction of sp³-hybridized carbons (Fsp3) is 0.100. The van der Waals surface area contributed by atoms with Crippen LogP contribution in [0.2, 0.25) is 0 Å². The molecule has 1 atom stereocenters. The molecule has 1 amide bonds. The zero-order valence-corrected chi connectivity index (χ0v) is 13.5. The Bertz CT molecular complexity index is 902. The van der Waals surface area contributed by atoms with E-state index in [2.05, 4.69) is 15.5 Å². The maximum absolute atomic E-state index is 12.1. The summed E-state index contributed by atoms with van der Waals surface area (Å²) in [7, 11) is 0.